The van der Waals surface area contributed by atoms with Crippen LogP contribution >= 0.6 is 0 Å². The summed E-state index contributed by atoms with van der Waals surface area (Å²) < 4.78 is 18.4. The van der Waals surface area contributed by atoms with E-state index in [0.717, 1.165) is 12.8 Å². The summed E-state index contributed by atoms with van der Waals surface area (Å²) in [5.74, 6) is -0.485. The minimum atomic E-state index is -0.836. The average molecular weight is 237 g/mol. The monoisotopic (exact) mass is 237 g/mol. The van der Waals surface area contributed by atoms with E-state index in [4.69, 9.17) is 4.74 Å². The summed E-state index contributed by atoms with van der Waals surface area (Å²) in [6, 6.07) is 6.34. The van der Waals surface area contributed by atoms with Gasteiger partial charge in [0.15, 0.2) is 0 Å². The zero-order chi connectivity index (χ0) is 12.5. The number of rotatable bonds is 4. The van der Waals surface area contributed by atoms with E-state index in [9.17, 15) is 9.18 Å². The number of hydrogen-bond acceptors (Lipinski definition) is 3. The molecule has 92 valence electrons. The van der Waals surface area contributed by atoms with Crippen LogP contribution in [0.4, 0.5) is 10.1 Å². The normalized spacial score (nSPS) is 18.3. The first-order chi connectivity index (χ1) is 8.08. The number of halogens is 1. The van der Waals surface area contributed by atoms with Gasteiger partial charge in [-0.3, -0.25) is 0 Å². The Morgan fingerprint density at radius 3 is 2.65 bits per heavy atom. The number of esters is 1. The number of ether oxygens (including phenoxy) is 1. The predicted octanol–water partition coefficient (Wildman–Crippen LogP) is 2.58. The number of nitrogens with one attached hydrogen (secondary N) is 1. The molecule has 0 bridgehead atoms. The third-order valence-electron chi connectivity index (χ3n) is 3.27. The smallest absolute Gasteiger partial charge is 0.331 e. The highest BCUT2D eigenvalue weighted by molar-refractivity contribution is 5.85. The number of anilines is 1. The largest absolute Gasteiger partial charge is 0.467 e. The fourth-order valence-electron chi connectivity index (χ4n) is 2.03. The Kier molecular flexibility index (Phi) is 3.05. The summed E-state index contributed by atoms with van der Waals surface area (Å²) in [6.07, 6.45) is 1.93. The molecular weight excluding hydrogens is 221 g/mol. The van der Waals surface area contributed by atoms with E-state index >= 15 is 0 Å². The lowest BCUT2D eigenvalue weighted by Gasteiger charge is -2.29. The average Bonchev–Trinajstić information content (AvgIpc) is 3.15. The number of carbonyl (C=O) groups excluding carboxylic acids is 1. The molecule has 1 aromatic rings. The number of methoxy groups -OCH3 is 1. The molecular formula is C13H16FNO2. The Morgan fingerprint density at radius 2 is 2.12 bits per heavy atom. The van der Waals surface area contributed by atoms with Gasteiger partial charge in [-0.2, -0.15) is 0 Å². The quantitative estimate of drug-likeness (QED) is 0.818. The van der Waals surface area contributed by atoms with Gasteiger partial charge in [-0.25, -0.2) is 9.18 Å². The minimum absolute atomic E-state index is 0.217. The van der Waals surface area contributed by atoms with Crippen LogP contribution in [0.2, 0.25) is 0 Å². The number of hydrogen-bond donors (Lipinski definition) is 1. The third kappa shape index (κ3) is 2.25. The number of carbonyl (C=O) groups is 1. The van der Waals surface area contributed by atoms with Crippen molar-refractivity contribution in [3.05, 3.63) is 30.1 Å². The Morgan fingerprint density at radius 1 is 1.47 bits per heavy atom. The van der Waals surface area contributed by atoms with Gasteiger partial charge in [-0.15, -0.1) is 0 Å². The van der Waals surface area contributed by atoms with E-state index in [1.165, 1.54) is 13.2 Å². The molecule has 0 radical (unpaired) electrons. The molecule has 0 aliphatic heterocycles. The molecule has 0 spiro atoms. The molecule has 1 saturated carbocycles. The molecule has 1 unspecified atom stereocenters. The van der Waals surface area contributed by atoms with Crippen LogP contribution < -0.4 is 5.32 Å². The van der Waals surface area contributed by atoms with Gasteiger partial charge in [0.05, 0.1) is 12.8 Å². The van der Waals surface area contributed by atoms with Gasteiger partial charge in [0, 0.05) is 0 Å². The van der Waals surface area contributed by atoms with Gasteiger partial charge in [-0.1, -0.05) is 12.1 Å². The summed E-state index contributed by atoms with van der Waals surface area (Å²) in [5.41, 5.74) is -0.496. The molecule has 1 aliphatic rings. The maximum Gasteiger partial charge on any atom is 0.331 e. The molecule has 0 amide bonds. The van der Waals surface area contributed by atoms with E-state index in [1.54, 1.807) is 25.1 Å². The van der Waals surface area contributed by atoms with Gasteiger partial charge in [-0.05, 0) is 37.8 Å². The number of benzene rings is 1. The molecule has 2 rings (SSSR count). The lowest BCUT2D eigenvalue weighted by Crippen LogP contribution is -2.46. The highest BCUT2D eigenvalue weighted by Gasteiger charge is 2.48. The van der Waals surface area contributed by atoms with Gasteiger partial charge in [0.25, 0.3) is 0 Å². The van der Waals surface area contributed by atoms with Crippen LogP contribution in [0.5, 0.6) is 0 Å². The van der Waals surface area contributed by atoms with Crippen LogP contribution in [0, 0.1) is 11.7 Å². The van der Waals surface area contributed by atoms with Crippen molar-refractivity contribution in [3.8, 4) is 0 Å². The molecule has 4 heteroatoms. The molecule has 0 saturated heterocycles. The highest BCUT2D eigenvalue weighted by atomic mass is 19.1. The zero-order valence-electron chi connectivity index (χ0n) is 10.00. The lowest BCUT2D eigenvalue weighted by molar-refractivity contribution is -0.146. The lowest BCUT2D eigenvalue weighted by atomic mass is 9.95. The summed E-state index contributed by atoms with van der Waals surface area (Å²) in [4.78, 5) is 11.8. The second-order valence-electron chi connectivity index (χ2n) is 4.57. The molecule has 1 aromatic carbocycles. The van der Waals surface area contributed by atoms with Crippen LogP contribution in [0.1, 0.15) is 19.8 Å². The first-order valence-corrected chi connectivity index (χ1v) is 5.69. The first kappa shape index (κ1) is 11.9. The molecule has 0 aromatic heterocycles. The van der Waals surface area contributed by atoms with Gasteiger partial charge in [0.1, 0.15) is 11.4 Å². The second kappa shape index (κ2) is 4.35. The Bertz CT molecular complexity index is 431. The summed E-state index contributed by atoms with van der Waals surface area (Å²) >= 11 is 0. The maximum atomic E-state index is 13.6. The minimum Gasteiger partial charge on any atom is -0.467 e. The van der Waals surface area contributed by atoms with Gasteiger partial charge in [0.2, 0.25) is 0 Å². The van der Waals surface area contributed by atoms with E-state index in [2.05, 4.69) is 5.32 Å². The fraction of sp³-hybridized carbons (Fsp3) is 0.462. The van der Waals surface area contributed by atoms with Crippen molar-refractivity contribution in [2.45, 2.75) is 25.3 Å². The first-order valence-electron chi connectivity index (χ1n) is 5.69. The van der Waals surface area contributed by atoms with Crippen LogP contribution in [0.25, 0.3) is 0 Å². The predicted molar refractivity (Wildman–Crippen MR) is 63.2 cm³/mol. The van der Waals surface area contributed by atoms with Crippen LogP contribution in [0.15, 0.2) is 24.3 Å². The SMILES string of the molecule is COC(=O)C(C)(Nc1ccccc1F)C1CC1. The van der Waals surface area contributed by atoms with E-state index < -0.39 is 5.54 Å². The standard InChI is InChI=1S/C13H16FNO2/c1-13(9-7-8-9,12(16)17-2)15-11-6-4-3-5-10(11)14/h3-6,9,15H,7-8H2,1-2H3. The number of para-hydroxylation sites is 1. The zero-order valence-corrected chi connectivity index (χ0v) is 10.00. The maximum absolute atomic E-state index is 13.6. The molecule has 1 fully saturated rings. The van der Waals surface area contributed by atoms with Crippen molar-refractivity contribution < 1.29 is 13.9 Å². The molecule has 1 atom stereocenters. The molecule has 3 nitrogen and oxygen atoms in total. The Labute approximate surface area is 100.0 Å². The Hall–Kier alpha value is -1.58. The molecule has 1 aliphatic carbocycles. The van der Waals surface area contributed by atoms with E-state index in [-0.39, 0.29) is 17.7 Å². The third-order valence-corrected chi connectivity index (χ3v) is 3.27. The van der Waals surface area contributed by atoms with Crippen molar-refractivity contribution in [3.63, 3.8) is 0 Å². The van der Waals surface area contributed by atoms with E-state index in [1.807, 2.05) is 0 Å². The fourth-order valence-corrected chi connectivity index (χ4v) is 2.03. The molecule has 17 heavy (non-hydrogen) atoms. The Balaban J connectivity index is 2.24. The topological polar surface area (TPSA) is 38.3 Å². The van der Waals surface area contributed by atoms with Crippen LogP contribution in [-0.2, 0) is 9.53 Å². The summed E-state index contributed by atoms with van der Waals surface area (Å²) in [6.45, 7) is 1.77. The summed E-state index contributed by atoms with van der Waals surface area (Å²) in [5, 5.41) is 2.99. The van der Waals surface area contributed by atoms with Crippen molar-refractivity contribution in [2.75, 3.05) is 12.4 Å². The van der Waals surface area contributed by atoms with E-state index in [0.29, 0.717) is 5.69 Å². The molecule has 0 heterocycles. The van der Waals surface area contributed by atoms with Crippen molar-refractivity contribution >= 4 is 11.7 Å². The molecule has 1 N–H and O–H groups in total. The second-order valence-corrected chi connectivity index (χ2v) is 4.57. The van der Waals surface area contributed by atoms with Crippen LogP contribution in [0.3, 0.4) is 0 Å². The summed E-state index contributed by atoms with van der Waals surface area (Å²) in [7, 11) is 1.35. The van der Waals surface area contributed by atoms with Crippen LogP contribution in [-0.4, -0.2) is 18.6 Å². The van der Waals surface area contributed by atoms with Gasteiger partial charge >= 0.3 is 5.97 Å². The van der Waals surface area contributed by atoms with Gasteiger partial charge < -0.3 is 10.1 Å². The van der Waals surface area contributed by atoms with Crippen molar-refractivity contribution in [1.29, 1.82) is 0 Å². The highest BCUT2D eigenvalue weighted by Crippen LogP contribution is 2.42. The van der Waals surface area contributed by atoms with Crippen molar-refractivity contribution in [2.24, 2.45) is 5.92 Å². The van der Waals surface area contributed by atoms with Crippen molar-refractivity contribution in [1.82, 2.24) is 0 Å².